The van der Waals surface area contributed by atoms with E-state index in [0.717, 1.165) is 0 Å². The van der Waals surface area contributed by atoms with E-state index in [0.29, 0.717) is 17.0 Å². The van der Waals surface area contributed by atoms with Gasteiger partial charge in [-0.1, -0.05) is 6.07 Å². The van der Waals surface area contributed by atoms with Crippen molar-refractivity contribution >= 4 is 11.7 Å². The number of aromatic nitrogens is 3. The van der Waals surface area contributed by atoms with Crippen molar-refractivity contribution < 1.29 is 9.18 Å². The van der Waals surface area contributed by atoms with Gasteiger partial charge in [0.1, 0.15) is 5.82 Å². The number of pyridine rings is 1. The molecule has 1 amide bonds. The molecule has 0 aliphatic rings. The van der Waals surface area contributed by atoms with E-state index in [1.165, 1.54) is 18.2 Å². The maximum atomic E-state index is 12.9. The average molecular weight is 246 g/mol. The molecule has 2 heterocycles. The van der Waals surface area contributed by atoms with Gasteiger partial charge in [0.15, 0.2) is 0 Å². The molecule has 0 bridgehead atoms. The van der Waals surface area contributed by atoms with Gasteiger partial charge < -0.3 is 5.32 Å². The largest absolute Gasteiger partial charge is 0.306 e. The van der Waals surface area contributed by atoms with Crippen LogP contribution in [0.5, 0.6) is 0 Å². The Labute approximate surface area is 103 Å². The molecule has 2 rings (SSSR count). The second-order valence-corrected chi connectivity index (χ2v) is 3.78. The molecule has 0 aliphatic carbocycles. The number of carbonyl (C=O) groups excluding carboxylic acids is 1. The molecule has 18 heavy (non-hydrogen) atoms. The first-order valence-corrected chi connectivity index (χ1v) is 5.31. The third kappa shape index (κ3) is 2.65. The maximum Gasteiger partial charge on any atom is 0.258 e. The minimum Gasteiger partial charge on any atom is -0.306 e. The normalized spacial score (nSPS) is 10.2. The number of rotatable bonds is 2. The lowest BCUT2D eigenvalue weighted by Crippen LogP contribution is -2.16. The van der Waals surface area contributed by atoms with E-state index in [2.05, 4.69) is 20.5 Å². The smallest absolute Gasteiger partial charge is 0.258 e. The summed E-state index contributed by atoms with van der Waals surface area (Å²) in [6, 6.07) is 5.81. The molecule has 0 spiro atoms. The Balaban J connectivity index is 2.24. The van der Waals surface area contributed by atoms with Gasteiger partial charge in [-0.3, -0.25) is 4.79 Å². The molecule has 2 aromatic rings. The Kier molecular flexibility index (Phi) is 3.27. The second kappa shape index (κ2) is 4.87. The standard InChI is InChI=1S/C12H11FN4O/c1-7-6-9(8(2)17-16-7)12(18)15-11-5-3-4-10(13)14-11/h3-6H,1-2H3,(H,14,15,18). The van der Waals surface area contributed by atoms with Crippen molar-refractivity contribution in [3.05, 3.63) is 47.2 Å². The molecule has 6 heteroatoms. The van der Waals surface area contributed by atoms with Gasteiger partial charge in [-0.25, -0.2) is 4.98 Å². The summed E-state index contributed by atoms with van der Waals surface area (Å²) in [5.74, 6) is -0.869. The number of hydrogen-bond acceptors (Lipinski definition) is 4. The average Bonchev–Trinajstić information content (AvgIpc) is 2.32. The molecule has 0 radical (unpaired) electrons. The summed E-state index contributed by atoms with van der Waals surface area (Å²) in [6.45, 7) is 3.42. The highest BCUT2D eigenvalue weighted by molar-refractivity contribution is 6.04. The van der Waals surface area contributed by atoms with Crippen molar-refractivity contribution in [1.29, 1.82) is 0 Å². The number of amides is 1. The van der Waals surface area contributed by atoms with Gasteiger partial charge in [0.2, 0.25) is 5.95 Å². The molecule has 0 aliphatic heterocycles. The highest BCUT2D eigenvalue weighted by atomic mass is 19.1. The minimum atomic E-state index is -0.645. The van der Waals surface area contributed by atoms with Crippen LogP contribution in [-0.4, -0.2) is 21.1 Å². The summed E-state index contributed by atoms with van der Waals surface area (Å²) in [6.07, 6.45) is 0. The number of halogens is 1. The number of anilines is 1. The molecule has 0 saturated heterocycles. The zero-order valence-electron chi connectivity index (χ0n) is 9.94. The van der Waals surface area contributed by atoms with Crippen LogP contribution in [0, 0.1) is 19.8 Å². The molecule has 0 aromatic carbocycles. The Morgan fingerprint density at radius 3 is 2.78 bits per heavy atom. The first-order chi connectivity index (χ1) is 8.56. The number of nitrogens with one attached hydrogen (secondary N) is 1. The monoisotopic (exact) mass is 246 g/mol. The minimum absolute atomic E-state index is 0.161. The number of hydrogen-bond donors (Lipinski definition) is 1. The Bertz CT molecular complexity index is 600. The maximum absolute atomic E-state index is 12.9. The van der Waals surface area contributed by atoms with Gasteiger partial charge in [-0.15, -0.1) is 0 Å². The fraction of sp³-hybridized carbons (Fsp3) is 0.167. The summed E-state index contributed by atoms with van der Waals surface area (Å²) in [5.41, 5.74) is 1.54. The van der Waals surface area contributed by atoms with Gasteiger partial charge in [0.25, 0.3) is 5.91 Å². The molecule has 2 aromatic heterocycles. The van der Waals surface area contributed by atoms with Crippen LogP contribution in [0.25, 0.3) is 0 Å². The molecule has 5 nitrogen and oxygen atoms in total. The molecule has 1 N–H and O–H groups in total. The summed E-state index contributed by atoms with van der Waals surface area (Å²) >= 11 is 0. The molecule has 0 atom stereocenters. The van der Waals surface area contributed by atoms with Crippen LogP contribution in [0.3, 0.4) is 0 Å². The first kappa shape index (κ1) is 12.1. The SMILES string of the molecule is Cc1cc(C(=O)Nc2cccc(F)n2)c(C)nn1. The van der Waals surface area contributed by atoms with E-state index in [-0.39, 0.29) is 11.7 Å². The molecule has 0 fully saturated rings. The predicted octanol–water partition coefficient (Wildman–Crippen LogP) is 1.88. The first-order valence-electron chi connectivity index (χ1n) is 5.31. The van der Waals surface area contributed by atoms with Crippen molar-refractivity contribution in [3.8, 4) is 0 Å². The quantitative estimate of drug-likeness (QED) is 0.821. The second-order valence-electron chi connectivity index (χ2n) is 3.78. The lowest BCUT2D eigenvalue weighted by atomic mass is 10.2. The lowest BCUT2D eigenvalue weighted by molar-refractivity contribution is 0.102. The molecule has 0 saturated carbocycles. The van der Waals surface area contributed by atoms with Crippen molar-refractivity contribution in [2.45, 2.75) is 13.8 Å². The fourth-order valence-corrected chi connectivity index (χ4v) is 1.44. The predicted molar refractivity (Wildman–Crippen MR) is 63.7 cm³/mol. The van der Waals surface area contributed by atoms with Crippen LogP contribution >= 0.6 is 0 Å². The van der Waals surface area contributed by atoms with Crippen LogP contribution < -0.4 is 5.32 Å². The number of nitrogens with zero attached hydrogens (tertiary/aromatic N) is 3. The van der Waals surface area contributed by atoms with E-state index >= 15 is 0 Å². The van der Waals surface area contributed by atoms with Gasteiger partial charge >= 0.3 is 0 Å². The summed E-state index contributed by atoms with van der Waals surface area (Å²) in [4.78, 5) is 15.5. The highest BCUT2D eigenvalue weighted by Gasteiger charge is 2.12. The third-order valence-corrected chi connectivity index (χ3v) is 2.30. The van der Waals surface area contributed by atoms with Crippen molar-refractivity contribution in [2.24, 2.45) is 0 Å². The van der Waals surface area contributed by atoms with Crippen LogP contribution in [0.1, 0.15) is 21.7 Å². The summed E-state index contributed by atoms with van der Waals surface area (Å²) < 4.78 is 12.9. The Morgan fingerprint density at radius 1 is 1.28 bits per heavy atom. The summed E-state index contributed by atoms with van der Waals surface area (Å²) in [5, 5.41) is 10.2. The van der Waals surface area contributed by atoms with Crippen molar-refractivity contribution in [2.75, 3.05) is 5.32 Å². The fourth-order valence-electron chi connectivity index (χ4n) is 1.44. The molecular formula is C12H11FN4O. The zero-order valence-corrected chi connectivity index (χ0v) is 9.94. The van der Waals surface area contributed by atoms with Crippen LogP contribution in [-0.2, 0) is 0 Å². The number of carbonyl (C=O) groups is 1. The van der Waals surface area contributed by atoms with Crippen LogP contribution in [0.15, 0.2) is 24.3 Å². The van der Waals surface area contributed by atoms with Crippen molar-refractivity contribution in [1.82, 2.24) is 15.2 Å². The van der Waals surface area contributed by atoms with Crippen molar-refractivity contribution in [3.63, 3.8) is 0 Å². The molecule has 0 unspecified atom stereocenters. The van der Waals surface area contributed by atoms with Crippen LogP contribution in [0.4, 0.5) is 10.2 Å². The van der Waals surface area contributed by atoms with Gasteiger partial charge in [-0.05, 0) is 32.0 Å². The Morgan fingerprint density at radius 2 is 2.06 bits per heavy atom. The van der Waals surface area contributed by atoms with E-state index in [4.69, 9.17) is 0 Å². The Hall–Kier alpha value is -2.37. The van der Waals surface area contributed by atoms with Gasteiger partial charge in [-0.2, -0.15) is 14.6 Å². The number of aryl methyl sites for hydroxylation is 2. The van der Waals surface area contributed by atoms with E-state index < -0.39 is 5.95 Å². The molecule has 92 valence electrons. The van der Waals surface area contributed by atoms with E-state index in [1.54, 1.807) is 19.9 Å². The third-order valence-electron chi connectivity index (χ3n) is 2.30. The zero-order chi connectivity index (χ0) is 13.1. The lowest BCUT2D eigenvalue weighted by Gasteiger charge is -2.06. The summed E-state index contributed by atoms with van der Waals surface area (Å²) in [7, 11) is 0. The topological polar surface area (TPSA) is 67.8 Å². The van der Waals surface area contributed by atoms with Gasteiger partial charge in [0.05, 0.1) is 17.0 Å². The molecular weight excluding hydrogens is 235 g/mol. The van der Waals surface area contributed by atoms with E-state index in [9.17, 15) is 9.18 Å². The van der Waals surface area contributed by atoms with E-state index in [1.807, 2.05) is 0 Å². The highest BCUT2D eigenvalue weighted by Crippen LogP contribution is 2.09. The van der Waals surface area contributed by atoms with Gasteiger partial charge in [0, 0.05) is 0 Å². The van der Waals surface area contributed by atoms with Crippen LogP contribution in [0.2, 0.25) is 0 Å².